The maximum atomic E-state index is 9.76. The first-order valence-electron chi connectivity index (χ1n) is 24.7. The molecule has 0 N–H and O–H groups in total. The number of hydrogen-bond acceptors (Lipinski definition) is 0. The van der Waals surface area contributed by atoms with Gasteiger partial charge >= 0.3 is 0 Å². The summed E-state index contributed by atoms with van der Waals surface area (Å²) >= 11 is 0. The summed E-state index contributed by atoms with van der Waals surface area (Å²) in [5.74, 6) is 0. The highest BCUT2D eigenvalue weighted by molar-refractivity contribution is 6.29. The third-order valence-corrected chi connectivity index (χ3v) is 8.16. The van der Waals surface area contributed by atoms with E-state index in [1.165, 1.54) is 0 Å². The molecule has 8 aromatic carbocycles. The Hall–Kier alpha value is -6.12. The van der Waals surface area contributed by atoms with Gasteiger partial charge in [0.05, 0.1) is 56.5 Å². The van der Waals surface area contributed by atoms with Gasteiger partial charge in [-0.15, -0.1) is 0 Å². The number of aromatic nitrogens is 2. The second-order valence-electron chi connectivity index (χ2n) is 10.5. The second-order valence-corrected chi connectivity index (χ2v) is 10.5. The summed E-state index contributed by atoms with van der Waals surface area (Å²) in [6.07, 6.45) is 0. The molecule has 0 saturated heterocycles. The molecule has 0 amide bonds. The number of hydrogen-bond donors (Lipinski definition) is 0. The minimum atomic E-state index is -0.862. The summed E-state index contributed by atoms with van der Waals surface area (Å²) < 4.78 is 193. The molecule has 214 valence electrons. The number of rotatable bonds is 3. The van der Waals surface area contributed by atoms with Crippen molar-refractivity contribution < 1.29 is 28.8 Å². The highest BCUT2D eigenvalue weighted by atomic mass is 15.0. The van der Waals surface area contributed by atoms with Crippen LogP contribution in [-0.4, -0.2) is 9.13 Å². The van der Waals surface area contributed by atoms with E-state index in [0.29, 0.717) is 10.9 Å². The van der Waals surface area contributed by atoms with Crippen LogP contribution in [0.4, 0.5) is 0 Å². The summed E-state index contributed by atoms with van der Waals surface area (Å²) in [6.45, 7) is 0. The third kappa shape index (κ3) is 3.53. The van der Waals surface area contributed by atoms with Crippen LogP contribution in [0.1, 0.15) is 28.8 Å². The van der Waals surface area contributed by atoms with Gasteiger partial charge in [0.1, 0.15) is 0 Å². The molecule has 10 aromatic rings. The van der Waals surface area contributed by atoms with E-state index in [4.69, 9.17) is 13.7 Å². The SMILES string of the molecule is [2H]c1c([2H])c(-n2c3c([2H])c([2H])c([2H])c([2H])c3c3c4c5c([2H])c([2H])c([2H])c([2H])c5n(-c5c([2H])c([2H])c([2H])c6c([2H])c([2H])c([2H])c([2H])c56)c4c([2H])c([2H])c32)c([2H])c([2H])c1-c1cccc2ccccc12. The summed E-state index contributed by atoms with van der Waals surface area (Å²) in [5, 5.41) is -1.30. The largest absolute Gasteiger partial charge is 0.309 e. The Morgan fingerprint density at radius 2 is 1.00 bits per heavy atom. The van der Waals surface area contributed by atoms with Crippen molar-refractivity contribution in [3.63, 3.8) is 0 Å². The van der Waals surface area contributed by atoms with Crippen molar-refractivity contribution in [3.8, 4) is 22.5 Å². The first kappa shape index (κ1) is 12.3. The molecule has 0 radical (unpaired) electrons. The van der Waals surface area contributed by atoms with Crippen molar-refractivity contribution in [2.24, 2.45) is 0 Å². The molecular formula is C44H28N2. The van der Waals surface area contributed by atoms with E-state index in [9.17, 15) is 15.1 Å². The van der Waals surface area contributed by atoms with Crippen LogP contribution >= 0.6 is 0 Å². The molecule has 2 nitrogen and oxygen atoms in total. The van der Waals surface area contributed by atoms with Crippen LogP contribution in [0.3, 0.4) is 0 Å². The van der Waals surface area contributed by atoms with Crippen molar-refractivity contribution in [1.82, 2.24) is 9.13 Å². The molecule has 0 unspecified atom stereocenters. The van der Waals surface area contributed by atoms with Gasteiger partial charge in [-0.05, 0) is 69.6 Å². The highest BCUT2D eigenvalue weighted by Gasteiger charge is 2.21. The van der Waals surface area contributed by atoms with Gasteiger partial charge < -0.3 is 9.13 Å². The quantitative estimate of drug-likeness (QED) is 0.190. The lowest BCUT2D eigenvalue weighted by atomic mass is 9.98. The van der Waals surface area contributed by atoms with Gasteiger partial charge in [-0.25, -0.2) is 0 Å². The van der Waals surface area contributed by atoms with Crippen molar-refractivity contribution in [3.05, 3.63) is 169 Å². The molecule has 0 bridgehead atoms. The van der Waals surface area contributed by atoms with Crippen LogP contribution in [0.25, 0.3) is 87.7 Å². The zero-order chi connectivity index (χ0) is 48.5. The number of nitrogens with zero attached hydrogens (tertiary/aromatic N) is 2. The molecular weight excluding hydrogens is 556 g/mol. The Kier molecular flexibility index (Phi) is 2.60. The third-order valence-electron chi connectivity index (χ3n) is 8.16. The van der Waals surface area contributed by atoms with Gasteiger partial charge in [0.15, 0.2) is 0 Å². The molecule has 0 atom stereocenters. The second kappa shape index (κ2) is 9.69. The highest BCUT2D eigenvalue weighted by Crippen LogP contribution is 2.43. The minimum absolute atomic E-state index is 0.101. The normalized spacial score (nSPS) is 18.3. The van der Waals surface area contributed by atoms with E-state index in [2.05, 4.69) is 0 Å². The van der Waals surface area contributed by atoms with Gasteiger partial charge in [-0.2, -0.15) is 0 Å². The molecule has 0 fully saturated rings. The zero-order valence-electron chi connectivity index (χ0n) is 44.4. The average molecular weight is 606 g/mol. The summed E-state index contributed by atoms with van der Waals surface area (Å²) in [4.78, 5) is 0. The van der Waals surface area contributed by atoms with Gasteiger partial charge in [0, 0.05) is 32.6 Å². The van der Waals surface area contributed by atoms with Crippen LogP contribution in [0.5, 0.6) is 0 Å². The Labute approximate surface area is 295 Å². The molecule has 0 aliphatic heterocycles. The molecule has 10 rings (SSSR count). The molecule has 46 heavy (non-hydrogen) atoms. The van der Waals surface area contributed by atoms with E-state index >= 15 is 0 Å². The lowest BCUT2D eigenvalue weighted by molar-refractivity contribution is 1.18. The van der Waals surface area contributed by atoms with Crippen LogP contribution in [0, 0.1) is 0 Å². The van der Waals surface area contributed by atoms with Crippen LogP contribution in [0.15, 0.2) is 169 Å². The average Bonchev–Trinajstić information content (AvgIpc) is 3.85. The molecule has 0 saturated carbocycles. The monoisotopic (exact) mass is 605 g/mol. The summed E-state index contributed by atoms with van der Waals surface area (Å²) in [5.41, 5.74) is -2.95. The fourth-order valence-electron chi connectivity index (χ4n) is 6.25. The first-order chi connectivity index (χ1) is 31.6. The van der Waals surface area contributed by atoms with E-state index in [1.807, 2.05) is 12.1 Å². The van der Waals surface area contributed by atoms with Crippen LogP contribution in [-0.2, 0) is 0 Å². The van der Waals surface area contributed by atoms with Crippen LogP contribution in [0.2, 0.25) is 0 Å². The zero-order valence-corrected chi connectivity index (χ0v) is 23.4. The fourth-order valence-corrected chi connectivity index (χ4v) is 6.25. The Balaban J connectivity index is 1.51. The summed E-state index contributed by atoms with van der Waals surface area (Å²) in [6, 6.07) is -4.00. The topological polar surface area (TPSA) is 9.86 Å². The number of benzene rings is 8. The van der Waals surface area contributed by atoms with Crippen molar-refractivity contribution in [2.45, 2.75) is 0 Å². The summed E-state index contributed by atoms with van der Waals surface area (Å²) in [7, 11) is 0. The van der Waals surface area contributed by atoms with Gasteiger partial charge in [0.2, 0.25) is 0 Å². The van der Waals surface area contributed by atoms with Crippen molar-refractivity contribution in [2.75, 3.05) is 0 Å². The Morgan fingerprint density at radius 1 is 0.391 bits per heavy atom. The van der Waals surface area contributed by atoms with Gasteiger partial charge in [-0.1, -0.05) is 127 Å². The number of para-hydroxylation sites is 2. The maximum Gasteiger partial charge on any atom is 0.0646 e. The van der Waals surface area contributed by atoms with Gasteiger partial charge in [0.25, 0.3) is 0 Å². The van der Waals surface area contributed by atoms with E-state index in [0.717, 1.165) is 14.5 Å². The Morgan fingerprint density at radius 3 is 1.78 bits per heavy atom. The van der Waals surface area contributed by atoms with E-state index < -0.39 is 182 Å². The van der Waals surface area contributed by atoms with Crippen molar-refractivity contribution in [1.29, 1.82) is 0 Å². The lowest BCUT2D eigenvalue weighted by Gasteiger charge is -2.12. The lowest BCUT2D eigenvalue weighted by Crippen LogP contribution is -1.96. The maximum absolute atomic E-state index is 9.76. The van der Waals surface area contributed by atoms with Crippen LogP contribution < -0.4 is 0 Å². The van der Waals surface area contributed by atoms with Crippen molar-refractivity contribution >= 4 is 65.2 Å². The minimum Gasteiger partial charge on any atom is -0.309 e. The molecule has 0 aliphatic carbocycles. The van der Waals surface area contributed by atoms with E-state index in [-0.39, 0.29) is 16.3 Å². The standard InChI is InChI=1S/C44H28N2/c1-3-15-33-29(11-1)13-9-19-34(33)31-23-25-32(26-24-31)45-39-20-7-5-17-36(39)43-41(45)27-28-42-44(43)37-18-6-8-21-40(37)46(42)38-22-10-14-30-12-2-4-16-35(30)38/h1-28H/i2D,4D,5D,6D,7D,8D,10D,12D,14D,16D,17D,18D,20D,21D,22D,23D,24D,25D,26D,27D,28D. The molecule has 2 aromatic heterocycles. The smallest absolute Gasteiger partial charge is 0.0646 e. The Bertz CT molecular complexity index is 3960. The predicted molar refractivity (Wildman–Crippen MR) is 196 cm³/mol. The first-order valence-corrected chi connectivity index (χ1v) is 14.2. The van der Waals surface area contributed by atoms with Gasteiger partial charge in [-0.3, -0.25) is 0 Å². The van der Waals surface area contributed by atoms with E-state index in [1.54, 1.807) is 30.3 Å². The fraction of sp³-hybridized carbons (Fsp3) is 0. The molecule has 0 aliphatic rings. The molecule has 2 heteroatoms. The molecule has 0 spiro atoms. The number of fused-ring (bicyclic) bond motifs is 9. The predicted octanol–water partition coefficient (Wildman–Crippen LogP) is 11.9. The molecule has 2 heterocycles.